The average Bonchev–Trinajstić information content (AvgIpc) is 2.54. The number of hydrogen-bond donors (Lipinski definition) is 2. The van der Waals surface area contributed by atoms with E-state index >= 15 is 0 Å². The molecule has 2 aromatic carbocycles. The Morgan fingerprint density at radius 1 is 1.14 bits per heavy atom. The predicted octanol–water partition coefficient (Wildman–Crippen LogP) is 2.65. The fourth-order valence-corrected chi connectivity index (χ4v) is 2.81. The summed E-state index contributed by atoms with van der Waals surface area (Å²) in [6.07, 6.45) is 1.01. The predicted molar refractivity (Wildman–Crippen MR) is 90.6 cm³/mol. The van der Waals surface area contributed by atoms with Crippen molar-refractivity contribution in [1.29, 1.82) is 0 Å². The molecule has 0 aromatic heterocycles. The molecule has 4 heteroatoms. The summed E-state index contributed by atoms with van der Waals surface area (Å²) in [4.78, 5) is 14.5. The van der Waals surface area contributed by atoms with E-state index in [2.05, 4.69) is 22.8 Å². The van der Waals surface area contributed by atoms with Crippen LogP contribution in [0, 0.1) is 0 Å². The maximum Gasteiger partial charge on any atom is 0.257 e. The van der Waals surface area contributed by atoms with Gasteiger partial charge in [-0.05, 0) is 48.4 Å². The molecular weight excluding hydrogens is 274 g/mol. The summed E-state index contributed by atoms with van der Waals surface area (Å²) >= 11 is 0. The van der Waals surface area contributed by atoms with Gasteiger partial charge in [0, 0.05) is 32.0 Å². The Balaban J connectivity index is 1.83. The van der Waals surface area contributed by atoms with Gasteiger partial charge in [-0.1, -0.05) is 18.2 Å². The SMILES string of the molecule is CN(C)c1ccccc1C(=O)Nc1ccc2c(c1)CCNC2. The molecule has 0 spiro atoms. The first-order chi connectivity index (χ1) is 10.6. The van der Waals surface area contributed by atoms with Gasteiger partial charge in [0.2, 0.25) is 0 Å². The quantitative estimate of drug-likeness (QED) is 0.915. The number of nitrogens with one attached hydrogen (secondary N) is 2. The van der Waals surface area contributed by atoms with Crippen molar-refractivity contribution in [2.24, 2.45) is 0 Å². The molecule has 2 N–H and O–H groups in total. The third-order valence-corrected chi connectivity index (χ3v) is 3.98. The molecule has 0 unspecified atom stereocenters. The molecule has 0 bridgehead atoms. The van der Waals surface area contributed by atoms with Gasteiger partial charge in [0.05, 0.1) is 5.56 Å². The summed E-state index contributed by atoms with van der Waals surface area (Å²) in [6.45, 7) is 1.90. The van der Waals surface area contributed by atoms with E-state index in [9.17, 15) is 4.79 Å². The first kappa shape index (κ1) is 14.6. The van der Waals surface area contributed by atoms with Crippen LogP contribution >= 0.6 is 0 Å². The Bertz CT molecular complexity index is 694. The standard InChI is InChI=1S/C18H21N3O/c1-21(2)17-6-4-3-5-16(17)18(22)20-15-8-7-14-12-19-10-9-13(14)11-15/h3-8,11,19H,9-10,12H2,1-2H3,(H,20,22). The molecule has 1 amide bonds. The van der Waals surface area contributed by atoms with Crippen LogP contribution in [0.15, 0.2) is 42.5 Å². The topological polar surface area (TPSA) is 44.4 Å². The van der Waals surface area contributed by atoms with Crippen molar-refractivity contribution in [2.45, 2.75) is 13.0 Å². The van der Waals surface area contributed by atoms with Gasteiger partial charge in [0.15, 0.2) is 0 Å². The molecule has 2 aromatic rings. The Morgan fingerprint density at radius 2 is 1.95 bits per heavy atom. The van der Waals surface area contributed by atoms with Crippen LogP contribution in [0.5, 0.6) is 0 Å². The van der Waals surface area contributed by atoms with Crippen molar-refractivity contribution in [3.8, 4) is 0 Å². The minimum atomic E-state index is -0.0711. The van der Waals surface area contributed by atoms with E-state index in [1.807, 2.05) is 49.3 Å². The Morgan fingerprint density at radius 3 is 2.77 bits per heavy atom. The van der Waals surface area contributed by atoms with Crippen LogP contribution in [0.3, 0.4) is 0 Å². The van der Waals surface area contributed by atoms with E-state index in [1.54, 1.807) is 0 Å². The number of benzene rings is 2. The minimum Gasteiger partial charge on any atom is -0.377 e. The zero-order chi connectivity index (χ0) is 15.5. The van der Waals surface area contributed by atoms with E-state index < -0.39 is 0 Å². The molecule has 1 aliphatic heterocycles. The van der Waals surface area contributed by atoms with Crippen LogP contribution < -0.4 is 15.5 Å². The molecule has 0 fully saturated rings. The Hall–Kier alpha value is -2.33. The van der Waals surface area contributed by atoms with Crippen LogP contribution in [0.1, 0.15) is 21.5 Å². The monoisotopic (exact) mass is 295 g/mol. The molecule has 114 valence electrons. The first-order valence-electron chi connectivity index (χ1n) is 7.55. The normalized spacial score (nSPS) is 13.4. The van der Waals surface area contributed by atoms with Crippen molar-refractivity contribution in [3.05, 3.63) is 59.2 Å². The molecule has 1 aliphatic rings. The van der Waals surface area contributed by atoms with Crippen molar-refractivity contribution in [1.82, 2.24) is 5.32 Å². The van der Waals surface area contributed by atoms with Gasteiger partial charge >= 0.3 is 0 Å². The molecule has 0 radical (unpaired) electrons. The van der Waals surface area contributed by atoms with Gasteiger partial charge in [0.1, 0.15) is 0 Å². The summed E-state index contributed by atoms with van der Waals surface area (Å²) in [6, 6.07) is 13.8. The third kappa shape index (κ3) is 2.97. The molecule has 3 rings (SSSR count). The molecule has 1 heterocycles. The number of carbonyl (C=O) groups excluding carboxylic acids is 1. The average molecular weight is 295 g/mol. The van der Waals surface area contributed by atoms with Crippen molar-refractivity contribution < 1.29 is 4.79 Å². The fourth-order valence-electron chi connectivity index (χ4n) is 2.81. The third-order valence-electron chi connectivity index (χ3n) is 3.98. The smallest absolute Gasteiger partial charge is 0.257 e. The highest BCUT2D eigenvalue weighted by Gasteiger charge is 2.14. The van der Waals surface area contributed by atoms with Crippen molar-refractivity contribution in [3.63, 3.8) is 0 Å². The largest absolute Gasteiger partial charge is 0.377 e. The van der Waals surface area contributed by atoms with E-state index in [0.29, 0.717) is 5.56 Å². The number of hydrogen-bond acceptors (Lipinski definition) is 3. The zero-order valence-corrected chi connectivity index (χ0v) is 13.0. The highest BCUT2D eigenvalue weighted by atomic mass is 16.1. The lowest BCUT2D eigenvalue weighted by Gasteiger charge is -2.19. The highest BCUT2D eigenvalue weighted by molar-refractivity contribution is 6.08. The maximum atomic E-state index is 12.6. The van der Waals surface area contributed by atoms with Gasteiger partial charge in [0.25, 0.3) is 5.91 Å². The van der Waals surface area contributed by atoms with Crippen LogP contribution in [-0.2, 0) is 13.0 Å². The second-order valence-electron chi connectivity index (χ2n) is 5.78. The van der Waals surface area contributed by atoms with Crippen LogP contribution in [0.4, 0.5) is 11.4 Å². The molecule has 22 heavy (non-hydrogen) atoms. The first-order valence-corrected chi connectivity index (χ1v) is 7.55. The lowest BCUT2D eigenvalue weighted by atomic mass is 10.0. The molecule has 4 nitrogen and oxygen atoms in total. The van der Waals surface area contributed by atoms with Crippen molar-refractivity contribution in [2.75, 3.05) is 30.9 Å². The van der Waals surface area contributed by atoms with E-state index in [0.717, 1.165) is 30.9 Å². The second-order valence-corrected chi connectivity index (χ2v) is 5.78. The van der Waals surface area contributed by atoms with Crippen LogP contribution in [0.25, 0.3) is 0 Å². The zero-order valence-electron chi connectivity index (χ0n) is 13.0. The van der Waals surface area contributed by atoms with Gasteiger partial charge in [-0.2, -0.15) is 0 Å². The number of rotatable bonds is 3. The lowest BCUT2D eigenvalue weighted by Crippen LogP contribution is -2.24. The molecule has 0 saturated heterocycles. The van der Waals surface area contributed by atoms with Crippen LogP contribution in [-0.4, -0.2) is 26.5 Å². The molecule has 0 aliphatic carbocycles. The van der Waals surface area contributed by atoms with Gasteiger partial charge < -0.3 is 15.5 Å². The number of nitrogens with zero attached hydrogens (tertiary/aromatic N) is 1. The number of para-hydroxylation sites is 1. The summed E-state index contributed by atoms with van der Waals surface area (Å²) in [5.41, 5.74) is 5.10. The maximum absolute atomic E-state index is 12.6. The summed E-state index contributed by atoms with van der Waals surface area (Å²) < 4.78 is 0. The van der Waals surface area contributed by atoms with E-state index in [-0.39, 0.29) is 5.91 Å². The minimum absolute atomic E-state index is 0.0711. The summed E-state index contributed by atoms with van der Waals surface area (Å²) in [5, 5.41) is 6.37. The number of amides is 1. The van der Waals surface area contributed by atoms with E-state index in [4.69, 9.17) is 0 Å². The summed E-state index contributed by atoms with van der Waals surface area (Å²) in [5.74, 6) is -0.0711. The summed E-state index contributed by atoms with van der Waals surface area (Å²) in [7, 11) is 3.88. The number of fused-ring (bicyclic) bond motifs is 1. The highest BCUT2D eigenvalue weighted by Crippen LogP contribution is 2.22. The van der Waals surface area contributed by atoms with Crippen molar-refractivity contribution >= 4 is 17.3 Å². The van der Waals surface area contributed by atoms with Gasteiger partial charge in [-0.3, -0.25) is 4.79 Å². The number of anilines is 2. The molecular formula is C18H21N3O. The lowest BCUT2D eigenvalue weighted by molar-refractivity contribution is 0.102. The van der Waals surface area contributed by atoms with Gasteiger partial charge in [-0.25, -0.2) is 0 Å². The number of carbonyl (C=O) groups is 1. The second kappa shape index (κ2) is 6.20. The van der Waals surface area contributed by atoms with Crippen LogP contribution in [0.2, 0.25) is 0 Å². The van der Waals surface area contributed by atoms with Gasteiger partial charge in [-0.15, -0.1) is 0 Å². The van der Waals surface area contributed by atoms with E-state index in [1.165, 1.54) is 11.1 Å². The molecule has 0 atom stereocenters. The fraction of sp³-hybridized carbons (Fsp3) is 0.278. The Kier molecular flexibility index (Phi) is 4.11. The molecule has 0 saturated carbocycles. The Labute approximate surface area is 131 Å².